The second-order valence-electron chi connectivity index (χ2n) is 4.70. The lowest BCUT2D eigenvalue weighted by Crippen LogP contribution is -2.17. The van der Waals surface area contributed by atoms with Crippen LogP contribution >= 0.6 is 27.3 Å². The molecule has 0 fully saturated rings. The van der Waals surface area contributed by atoms with E-state index in [2.05, 4.69) is 38.4 Å². The molecule has 23 heavy (non-hydrogen) atoms. The number of nitrogens with one attached hydrogen (secondary N) is 1. The zero-order valence-electron chi connectivity index (χ0n) is 12.8. The van der Waals surface area contributed by atoms with Crippen LogP contribution < -0.4 is 15.9 Å². The monoisotopic (exact) mass is 396 g/mol. The summed E-state index contributed by atoms with van der Waals surface area (Å²) in [4.78, 5) is 16.4. The third kappa shape index (κ3) is 4.77. The molecule has 1 heterocycles. The number of nitrogen functional groups attached to an aromatic ring is 1. The number of hydrogen-bond acceptors (Lipinski definition) is 6. The number of benzene rings is 1. The Morgan fingerprint density at radius 1 is 1.57 bits per heavy atom. The minimum absolute atomic E-state index is 0.324. The van der Waals surface area contributed by atoms with Crippen molar-refractivity contribution >= 4 is 44.5 Å². The van der Waals surface area contributed by atoms with Gasteiger partial charge in [0.25, 0.3) is 5.91 Å². The zero-order valence-corrected chi connectivity index (χ0v) is 15.2. The average molecular weight is 397 g/mol. The Morgan fingerprint density at radius 2 is 2.35 bits per heavy atom. The van der Waals surface area contributed by atoms with Crippen LogP contribution in [-0.2, 0) is 0 Å². The van der Waals surface area contributed by atoms with Gasteiger partial charge in [0.1, 0.15) is 10.6 Å². The predicted octanol–water partition coefficient (Wildman–Crippen LogP) is 3.35. The van der Waals surface area contributed by atoms with Gasteiger partial charge in [0.2, 0.25) is 0 Å². The van der Waals surface area contributed by atoms with Gasteiger partial charge in [-0.25, -0.2) is 10.4 Å². The number of thiazole rings is 1. The van der Waals surface area contributed by atoms with Crippen molar-refractivity contribution in [2.45, 2.75) is 20.3 Å². The molecule has 1 aromatic carbocycles. The van der Waals surface area contributed by atoms with Crippen LogP contribution in [0.3, 0.4) is 0 Å². The fourth-order valence-electron chi connectivity index (χ4n) is 1.77. The number of nitrogens with two attached hydrogens (primary N) is 1. The fourth-order valence-corrected chi connectivity index (χ4v) is 3.00. The second kappa shape index (κ2) is 8.07. The first-order valence-corrected chi connectivity index (χ1v) is 8.61. The summed E-state index contributed by atoms with van der Waals surface area (Å²) in [6.07, 6.45) is 2.51. The summed E-state index contributed by atoms with van der Waals surface area (Å²) in [6, 6.07) is 5.59. The first-order valence-electron chi connectivity index (χ1n) is 7.00. The summed E-state index contributed by atoms with van der Waals surface area (Å²) in [7, 11) is 0. The number of hydrogen-bond donors (Lipinski definition) is 2. The summed E-state index contributed by atoms with van der Waals surface area (Å²) >= 11 is 4.59. The molecule has 6 nitrogen and oxygen atoms in total. The normalized spacial score (nSPS) is 10.9. The van der Waals surface area contributed by atoms with Gasteiger partial charge in [-0.3, -0.25) is 4.79 Å². The molecule has 0 aliphatic heterocycles. The molecule has 1 amide bonds. The lowest BCUT2D eigenvalue weighted by molar-refractivity contribution is 0.0958. The molecular weight excluding hydrogens is 380 g/mol. The lowest BCUT2D eigenvalue weighted by atomic mass is 10.2. The van der Waals surface area contributed by atoms with Crippen molar-refractivity contribution in [3.05, 3.63) is 38.8 Å². The Morgan fingerprint density at radius 3 is 2.96 bits per heavy atom. The van der Waals surface area contributed by atoms with Crippen molar-refractivity contribution in [1.82, 2.24) is 10.4 Å². The summed E-state index contributed by atoms with van der Waals surface area (Å²) in [5.74, 6) is 0.457. The van der Waals surface area contributed by atoms with Gasteiger partial charge in [-0.1, -0.05) is 18.3 Å². The molecule has 2 rings (SSSR count). The fraction of sp³-hybridized carbons (Fsp3) is 0.267. The molecule has 0 unspecified atom stereocenters. The number of rotatable bonds is 6. The number of carbonyl (C=O) groups excluding carboxylic acids is 1. The van der Waals surface area contributed by atoms with E-state index >= 15 is 0 Å². The van der Waals surface area contributed by atoms with Crippen molar-refractivity contribution < 1.29 is 9.53 Å². The average Bonchev–Trinajstić information content (AvgIpc) is 2.85. The number of amides is 1. The van der Waals surface area contributed by atoms with E-state index < -0.39 is 0 Å². The smallest absolute Gasteiger partial charge is 0.283 e. The summed E-state index contributed by atoms with van der Waals surface area (Å²) in [5, 5.41) is 4.32. The molecule has 0 aliphatic carbocycles. The minimum Gasteiger partial charge on any atom is -0.492 e. The third-order valence-electron chi connectivity index (χ3n) is 2.82. The van der Waals surface area contributed by atoms with Gasteiger partial charge in [-0.15, -0.1) is 0 Å². The Labute approximate surface area is 146 Å². The number of hydrazone groups is 1. The van der Waals surface area contributed by atoms with Crippen molar-refractivity contribution in [1.29, 1.82) is 0 Å². The van der Waals surface area contributed by atoms with Crippen molar-refractivity contribution in [2.75, 3.05) is 12.3 Å². The van der Waals surface area contributed by atoms with Crippen LogP contribution in [0.4, 0.5) is 5.13 Å². The lowest BCUT2D eigenvalue weighted by Gasteiger charge is -2.07. The topological polar surface area (TPSA) is 89.6 Å². The Hall–Kier alpha value is -1.93. The van der Waals surface area contributed by atoms with E-state index in [0.29, 0.717) is 22.3 Å². The minimum atomic E-state index is -0.324. The molecule has 122 valence electrons. The highest BCUT2D eigenvalue weighted by Gasteiger charge is 2.13. The van der Waals surface area contributed by atoms with E-state index in [1.54, 1.807) is 13.1 Å². The summed E-state index contributed by atoms with van der Waals surface area (Å²) < 4.78 is 6.42. The van der Waals surface area contributed by atoms with Crippen molar-refractivity contribution in [3.8, 4) is 5.75 Å². The SMILES string of the molecule is CCCOc1ccc(/C=N\NC(=O)c2sc(N)nc2C)cc1Br. The van der Waals surface area contributed by atoms with Crippen LogP contribution in [0.1, 0.15) is 34.3 Å². The number of aryl methyl sites for hydroxylation is 1. The van der Waals surface area contributed by atoms with Crippen LogP contribution in [0.15, 0.2) is 27.8 Å². The molecule has 0 saturated heterocycles. The molecule has 0 spiro atoms. The summed E-state index contributed by atoms with van der Waals surface area (Å²) in [5.41, 5.74) is 9.48. The van der Waals surface area contributed by atoms with Gasteiger partial charge >= 0.3 is 0 Å². The predicted molar refractivity (Wildman–Crippen MR) is 96.3 cm³/mol. The maximum absolute atomic E-state index is 12.0. The molecule has 3 N–H and O–H groups in total. The van der Waals surface area contributed by atoms with Crippen molar-refractivity contribution in [3.63, 3.8) is 0 Å². The Balaban J connectivity index is 1.99. The van der Waals surface area contributed by atoms with Crippen LogP contribution in [0.5, 0.6) is 5.75 Å². The van der Waals surface area contributed by atoms with Gasteiger partial charge in [0, 0.05) is 0 Å². The van der Waals surface area contributed by atoms with Crippen LogP contribution in [-0.4, -0.2) is 23.7 Å². The van der Waals surface area contributed by atoms with E-state index in [9.17, 15) is 4.79 Å². The highest BCUT2D eigenvalue weighted by molar-refractivity contribution is 9.10. The molecule has 0 bridgehead atoms. The van der Waals surface area contributed by atoms with Crippen LogP contribution in [0.25, 0.3) is 0 Å². The van der Waals surface area contributed by atoms with E-state index in [0.717, 1.165) is 33.5 Å². The van der Waals surface area contributed by atoms with E-state index in [1.165, 1.54) is 0 Å². The van der Waals surface area contributed by atoms with Gasteiger partial charge in [-0.05, 0) is 53.0 Å². The Bertz CT molecular complexity index is 730. The molecule has 0 atom stereocenters. The van der Waals surface area contributed by atoms with Gasteiger partial charge in [0.05, 0.1) is 23.0 Å². The van der Waals surface area contributed by atoms with Crippen LogP contribution in [0.2, 0.25) is 0 Å². The molecule has 0 radical (unpaired) electrons. The number of nitrogens with zero attached hydrogens (tertiary/aromatic N) is 2. The van der Waals surface area contributed by atoms with Crippen molar-refractivity contribution in [2.24, 2.45) is 5.10 Å². The number of carbonyl (C=O) groups is 1. The van der Waals surface area contributed by atoms with Gasteiger partial charge in [-0.2, -0.15) is 5.10 Å². The maximum Gasteiger partial charge on any atom is 0.283 e. The number of aromatic nitrogens is 1. The van der Waals surface area contributed by atoms with E-state index in [1.807, 2.05) is 18.2 Å². The highest BCUT2D eigenvalue weighted by Crippen LogP contribution is 2.25. The molecule has 2 aromatic rings. The highest BCUT2D eigenvalue weighted by atomic mass is 79.9. The quantitative estimate of drug-likeness (QED) is 0.578. The maximum atomic E-state index is 12.0. The zero-order chi connectivity index (χ0) is 16.8. The standard InChI is InChI=1S/C15H17BrN4O2S/c1-3-6-22-12-5-4-10(7-11(12)16)8-18-20-14(21)13-9(2)19-15(17)23-13/h4-5,7-8H,3,6H2,1-2H3,(H2,17,19)(H,20,21)/b18-8-. The number of halogens is 1. The molecule has 0 saturated carbocycles. The Kier molecular flexibility index (Phi) is 6.12. The summed E-state index contributed by atoms with van der Waals surface area (Å²) in [6.45, 7) is 4.45. The molecule has 0 aliphatic rings. The molecule has 1 aromatic heterocycles. The van der Waals surface area contributed by atoms with E-state index in [-0.39, 0.29) is 5.91 Å². The molecule has 8 heteroatoms. The largest absolute Gasteiger partial charge is 0.492 e. The van der Waals surface area contributed by atoms with Crippen LogP contribution in [0, 0.1) is 6.92 Å². The molecular formula is C15H17BrN4O2S. The number of anilines is 1. The third-order valence-corrected chi connectivity index (χ3v) is 4.42. The van der Waals surface area contributed by atoms with E-state index in [4.69, 9.17) is 10.5 Å². The first kappa shape index (κ1) is 17.4. The van der Waals surface area contributed by atoms with Gasteiger partial charge in [0.15, 0.2) is 5.13 Å². The number of ether oxygens (including phenoxy) is 1. The van der Waals surface area contributed by atoms with Gasteiger partial charge < -0.3 is 10.5 Å². The second-order valence-corrected chi connectivity index (χ2v) is 6.59. The first-order chi connectivity index (χ1) is 11.0.